The van der Waals surface area contributed by atoms with Crippen molar-refractivity contribution in [2.75, 3.05) is 31.1 Å². The molecule has 0 bridgehead atoms. The molecule has 0 spiro atoms. The SMILES string of the molecule is Cc1ccc(S(=O)(=O)N2CCN(c3nnc(C(C)C)o3)CC2)cc1Cl. The molecule has 0 atom stereocenters. The number of hydrogen-bond donors (Lipinski definition) is 0. The topological polar surface area (TPSA) is 79.5 Å². The van der Waals surface area contributed by atoms with Crippen LogP contribution in [0.25, 0.3) is 0 Å². The van der Waals surface area contributed by atoms with Crippen LogP contribution in [0.1, 0.15) is 31.2 Å². The number of piperazine rings is 1. The fourth-order valence-corrected chi connectivity index (χ4v) is 4.28. The third kappa shape index (κ3) is 3.65. The Kier molecular flexibility index (Phi) is 5.04. The lowest BCUT2D eigenvalue weighted by Crippen LogP contribution is -2.48. The fourth-order valence-electron chi connectivity index (χ4n) is 2.59. The van der Waals surface area contributed by atoms with Crippen LogP contribution in [0.5, 0.6) is 0 Å². The molecule has 9 heteroatoms. The number of benzene rings is 1. The summed E-state index contributed by atoms with van der Waals surface area (Å²) >= 11 is 6.07. The highest BCUT2D eigenvalue weighted by atomic mass is 35.5. The third-order valence-corrected chi connectivity index (χ3v) is 6.52. The van der Waals surface area contributed by atoms with Crippen LogP contribution < -0.4 is 4.90 Å². The first-order valence-corrected chi connectivity index (χ1v) is 9.95. The number of hydrogen-bond acceptors (Lipinski definition) is 6. The lowest BCUT2D eigenvalue weighted by atomic mass is 10.2. The Morgan fingerprint density at radius 1 is 1.16 bits per heavy atom. The van der Waals surface area contributed by atoms with Crippen LogP contribution in [0.4, 0.5) is 6.01 Å². The van der Waals surface area contributed by atoms with E-state index in [9.17, 15) is 8.42 Å². The maximum atomic E-state index is 12.8. The number of halogens is 1. The van der Waals surface area contributed by atoms with E-state index in [1.807, 2.05) is 25.7 Å². The Balaban J connectivity index is 1.71. The Morgan fingerprint density at radius 3 is 2.40 bits per heavy atom. The number of rotatable bonds is 4. The Bertz CT molecular complexity index is 858. The van der Waals surface area contributed by atoms with Crippen LogP contribution in [0, 0.1) is 6.92 Å². The van der Waals surface area contributed by atoms with E-state index < -0.39 is 10.0 Å². The molecule has 25 heavy (non-hydrogen) atoms. The molecule has 0 N–H and O–H groups in total. The van der Waals surface area contributed by atoms with E-state index in [4.69, 9.17) is 16.0 Å². The molecule has 136 valence electrons. The molecule has 2 aromatic rings. The molecule has 1 aromatic carbocycles. The Morgan fingerprint density at radius 2 is 1.84 bits per heavy atom. The molecular formula is C16H21ClN4O3S. The normalized spacial score (nSPS) is 16.6. The molecular weight excluding hydrogens is 364 g/mol. The van der Waals surface area contributed by atoms with E-state index in [0.29, 0.717) is 43.1 Å². The second-order valence-electron chi connectivity index (χ2n) is 6.38. The molecule has 1 aromatic heterocycles. The zero-order valence-corrected chi connectivity index (χ0v) is 16.0. The van der Waals surface area contributed by atoms with Gasteiger partial charge in [0, 0.05) is 37.1 Å². The number of aryl methyl sites for hydroxylation is 1. The minimum Gasteiger partial charge on any atom is -0.408 e. The summed E-state index contributed by atoms with van der Waals surface area (Å²) in [6.45, 7) is 7.51. The fraction of sp³-hybridized carbons (Fsp3) is 0.500. The molecule has 0 unspecified atom stereocenters. The van der Waals surface area contributed by atoms with E-state index in [-0.39, 0.29) is 10.8 Å². The average molecular weight is 385 g/mol. The molecule has 2 heterocycles. The van der Waals surface area contributed by atoms with Crippen molar-refractivity contribution in [3.05, 3.63) is 34.7 Å². The van der Waals surface area contributed by atoms with Crippen molar-refractivity contribution in [2.24, 2.45) is 0 Å². The van der Waals surface area contributed by atoms with Gasteiger partial charge in [0.1, 0.15) is 0 Å². The van der Waals surface area contributed by atoms with Gasteiger partial charge in [0.15, 0.2) is 0 Å². The summed E-state index contributed by atoms with van der Waals surface area (Å²) in [5.41, 5.74) is 0.850. The second kappa shape index (κ2) is 6.93. The maximum absolute atomic E-state index is 12.8. The van der Waals surface area contributed by atoms with E-state index in [0.717, 1.165) is 5.56 Å². The van der Waals surface area contributed by atoms with Crippen LogP contribution >= 0.6 is 11.6 Å². The quantitative estimate of drug-likeness (QED) is 0.806. The largest absolute Gasteiger partial charge is 0.408 e. The van der Waals surface area contributed by atoms with Crippen molar-refractivity contribution < 1.29 is 12.8 Å². The van der Waals surface area contributed by atoms with Crippen LogP contribution in [-0.4, -0.2) is 49.1 Å². The predicted octanol–water partition coefficient (Wildman–Crippen LogP) is 2.67. The summed E-state index contributed by atoms with van der Waals surface area (Å²) in [7, 11) is -3.56. The van der Waals surface area contributed by atoms with Gasteiger partial charge in [0.2, 0.25) is 15.9 Å². The highest BCUT2D eigenvalue weighted by Gasteiger charge is 2.30. The van der Waals surface area contributed by atoms with Gasteiger partial charge in [0.25, 0.3) is 0 Å². The van der Waals surface area contributed by atoms with Gasteiger partial charge >= 0.3 is 6.01 Å². The first kappa shape index (κ1) is 18.2. The van der Waals surface area contributed by atoms with Gasteiger partial charge in [-0.15, -0.1) is 5.10 Å². The van der Waals surface area contributed by atoms with Crippen molar-refractivity contribution in [2.45, 2.75) is 31.6 Å². The van der Waals surface area contributed by atoms with Gasteiger partial charge in [-0.3, -0.25) is 0 Å². The molecule has 0 amide bonds. The highest BCUT2D eigenvalue weighted by molar-refractivity contribution is 7.89. The van der Waals surface area contributed by atoms with E-state index in [2.05, 4.69) is 10.2 Å². The van der Waals surface area contributed by atoms with Crippen molar-refractivity contribution in [3.8, 4) is 0 Å². The van der Waals surface area contributed by atoms with Crippen LogP contribution in [0.2, 0.25) is 5.02 Å². The molecule has 1 saturated heterocycles. The second-order valence-corrected chi connectivity index (χ2v) is 8.72. The molecule has 1 aliphatic heterocycles. The monoisotopic (exact) mass is 384 g/mol. The number of sulfonamides is 1. The molecule has 0 radical (unpaired) electrons. The van der Waals surface area contributed by atoms with Gasteiger partial charge in [-0.1, -0.05) is 36.6 Å². The number of nitrogens with zero attached hydrogens (tertiary/aromatic N) is 4. The minimum atomic E-state index is -3.56. The van der Waals surface area contributed by atoms with Crippen molar-refractivity contribution in [1.82, 2.24) is 14.5 Å². The smallest absolute Gasteiger partial charge is 0.318 e. The average Bonchev–Trinajstić information content (AvgIpc) is 3.08. The zero-order chi connectivity index (χ0) is 18.2. The zero-order valence-electron chi connectivity index (χ0n) is 14.4. The number of anilines is 1. The van der Waals surface area contributed by atoms with E-state index >= 15 is 0 Å². The van der Waals surface area contributed by atoms with Crippen LogP contribution in [0.3, 0.4) is 0 Å². The Hall–Kier alpha value is -1.64. The summed E-state index contributed by atoms with van der Waals surface area (Å²) in [5.74, 6) is 0.744. The van der Waals surface area contributed by atoms with Gasteiger partial charge in [-0.2, -0.15) is 4.31 Å². The third-order valence-electron chi connectivity index (χ3n) is 4.21. The first-order chi connectivity index (χ1) is 11.8. The van der Waals surface area contributed by atoms with E-state index in [1.165, 1.54) is 10.4 Å². The van der Waals surface area contributed by atoms with Gasteiger partial charge in [-0.25, -0.2) is 8.42 Å². The number of aromatic nitrogens is 2. The first-order valence-electron chi connectivity index (χ1n) is 8.13. The van der Waals surface area contributed by atoms with Crippen molar-refractivity contribution in [1.29, 1.82) is 0 Å². The summed E-state index contributed by atoms with van der Waals surface area (Å²) in [6.07, 6.45) is 0. The molecule has 1 fully saturated rings. The van der Waals surface area contributed by atoms with Crippen molar-refractivity contribution in [3.63, 3.8) is 0 Å². The van der Waals surface area contributed by atoms with E-state index in [1.54, 1.807) is 12.1 Å². The van der Waals surface area contributed by atoms with Gasteiger partial charge in [-0.05, 0) is 24.6 Å². The van der Waals surface area contributed by atoms with Crippen LogP contribution in [0.15, 0.2) is 27.5 Å². The molecule has 1 aliphatic rings. The molecule has 3 rings (SSSR count). The lowest BCUT2D eigenvalue weighted by molar-refractivity contribution is 0.367. The summed E-state index contributed by atoms with van der Waals surface area (Å²) in [6, 6.07) is 5.26. The van der Waals surface area contributed by atoms with Crippen LogP contribution in [-0.2, 0) is 10.0 Å². The highest BCUT2D eigenvalue weighted by Crippen LogP contribution is 2.25. The standard InChI is InChI=1S/C16H21ClN4O3S/c1-11(2)15-18-19-16(24-15)20-6-8-21(9-7-20)25(22,23)13-5-4-12(3)14(17)10-13/h4-5,10-11H,6-9H2,1-3H3. The summed E-state index contributed by atoms with van der Waals surface area (Å²) in [5, 5.41) is 8.52. The summed E-state index contributed by atoms with van der Waals surface area (Å²) < 4.78 is 32.7. The Labute approximate surface area is 152 Å². The molecule has 0 aliphatic carbocycles. The van der Waals surface area contributed by atoms with Gasteiger partial charge < -0.3 is 9.32 Å². The maximum Gasteiger partial charge on any atom is 0.318 e. The molecule has 0 saturated carbocycles. The lowest BCUT2D eigenvalue weighted by Gasteiger charge is -2.32. The predicted molar refractivity (Wildman–Crippen MR) is 95.5 cm³/mol. The minimum absolute atomic E-state index is 0.161. The van der Waals surface area contributed by atoms with Crippen molar-refractivity contribution >= 4 is 27.6 Å². The van der Waals surface area contributed by atoms with Gasteiger partial charge in [0.05, 0.1) is 4.90 Å². The summed E-state index contributed by atoms with van der Waals surface area (Å²) in [4.78, 5) is 2.13. The molecule has 7 nitrogen and oxygen atoms in total.